The van der Waals surface area contributed by atoms with Crippen molar-refractivity contribution in [1.82, 2.24) is 15.1 Å². The highest BCUT2D eigenvalue weighted by Crippen LogP contribution is 2.32. The molecule has 0 fully saturated rings. The molecule has 4 aromatic carbocycles. The minimum Gasteiger partial charge on any atom is -0.488 e. The van der Waals surface area contributed by atoms with Gasteiger partial charge in [-0.2, -0.15) is 5.10 Å². The molecule has 7 nitrogen and oxygen atoms in total. The van der Waals surface area contributed by atoms with Crippen molar-refractivity contribution in [2.45, 2.75) is 53.0 Å². The number of carbonyl (C=O) groups is 1. The van der Waals surface area contributed by atoms with Crippen molar-refractivity contribution >= 4 is 29.2 Å². The van der Waals surface area contributed by atoms with Crippen molar-refractivity contribution < 1.29 is 19.4 Å². The monoisotopic (exact) mass is 643 g/mol. The molecule has 0 amide bonds. The molecule has 5 rings (SSSR count). The van der Waals surface area contributed by atoms with Gasteiger partial charge in [0.25, 0.3) is 0 Å². The molecule has 0 saturated carbocycles. The highest BCUT2D eigenvalue weighted by molar-refractivity contribution is 6.37. The van der Waals surface area contributed by atoms with Crippen LogP contribution in [0.15, 0.2) is 91.1 Å². The van der Waals surface area contributed by atoms with E-state index in [1.807, 2.05) is 73.8 Å². The fourth-order valence-corrected chi connectivity index (χ4v) is 5.61. The zero-order valence-corrected chi connectivity index (χ0v) is 26.9. The number of carboxylic acid groups (broad SMARTS) is 1. The highest BCUT2D eigenvalue weighted by Gasteiger charge is 2.19. The predicted octanol–water partition coefficient (Wildman–Crippen LogP) is 8.76. The van der Waals surface area contributed by atoms with E-state index in [2.05, 4.69) is 24.3 Å². The van der Waals surface area contributed by atoms with Crippen molar-refractivity contribution in [3.8, 4) is 17.2 Å². The summed E-state index contributed by atoms with van der Waals surface area (Å²) in [4.78, 5) is 11.8. The second-order valence-electron chi connectivity index (χ2n) is 11.1. The van der Waals surface area contributed by atoms with Crippen LogP contribution in [-0.4, -0.2) is 20.9 Å². The number of nitrogens with zero attached hydrogens (tertiary/aromatic N) is 2. The van der Waals surface area contributed by atoms with Gasteiger partial charge in [0.2, 0.25) is 0 Å². The minimum atomic E-state index is -1.02. The van der Waals surface area contributed by atoms with Gasteiger partial charge in [0.1, 0.15) is 36.0 Å². The van der Waals surface area contributed by atoms with Gasteiger partial charge in [-0.1, -0.05) is 85.6 Å². The Morgan fingerprint density at radius 2 is 1.64 bits per heavy atom. The van der Waals surface area contributed by atoms with Crippen LogP contribution in [0.1, 0.15) is 63.6 Å². The van der Waals surface area contributed by atoms with Crippen LogP contribution in [0.4, 0.5) is 0 Å². The Morgan fingerprint density at radius 1 is 0.889 bits per heavy atom. The normalized spacial score (nSPS) is 11.2. The molecule has 0 bridgehead atoms. The van der Waals surface area contributed by atoms with Crippen molar-refractivity contribution in [1.29, 1.82) is 0 Å². The van der Waals surface area contributed by atoms with Gasteiger partial charge in [0.15, 0.2) is 0 Å². The van der Waals surface area contributed by atoms with Crippen LogP contribution in [-0.2, 0) is 26.3 Å². The van der Waals surface area contributed by atoms with Gasteiger partial charge < -0.3 is 19.9 Å². The maximum atomic E-state index is 11.8. The molecule has 0 radical (unpaired) electrons. The van der Waals surface area contributed by atoms with E-state index in [9.17, 15) is 9.90 Å². The first kappa shape index (κ1) is 32.1. The molecule has 0 atom stereocenters. The number of benzene rings is 4. The first-order valence-electron chi connectivity index (χ1n) is 14.7. The predicted molar refractivity (Wildman–Crippen MR) is 178 cm³/mol. The molecule has 0 unspecified atom stereocenters. The molecule has 0 saturated heterocycles. The van der Waals surface area contributed by atoms with E-state index in [1.165, 1.54) is 0 Å². The van der Waals surface area contributed by atoms with Crippen LogP contribution < -0.4 is 14.8 Å². The molecule has 45 heavy (non-hydrogen) atoms. The SMILES string of the molecule is Cc1cc(OCc2c(C(C)C)cnn2-c2c(Cl)cccc2Cl)ccc1CNCc1ccc(C(=O)O)c(OCc2ccccc2)c1. The Labute approximate surface area is 273 Å². The van der Waals surface area contributed by atoms with Gasteiger partial charge in [-0.3, -0.25) is 0 Å². The second kappa shape index (κ2) is 14.7. The minimum absolute atomic E-state index is 0.139. The number of hydrogen-bond donors (Lipinski definition) is 2. The number of aryl methyl sites for hydroxylation is 1. The molecular formula is C36H35Cl2N3O4. The van der Waals surface area contributed by atoms with Crippen LogP contribution in [0.3, 0.4) is 0 Å². The third kappa shape index (κ3) is 7.87. The second-order valence-corrected chi connectivity index (χ2v) is 11.9. The fraction of sp³-hybridized carbons (Fsp3) is 0.222. The lowest BCUT2D eigenvalue weighted by molar-refractivity contribution is 0.0691. The summed E-state index contributed by atoms with van der Waals surface area (Å²) in [6.45, 7) is 8.05. The number of para-hydroxylation sites is 1. The summed E-state index contributed by atoms with van der Waals surface area (Å²) in [5, 5.41) is 18.7. The Bertz CT molecular complexity index is 1770. The van der Waals surface area contributed by atoms with E-state index in [0.717, 1.165) is 39.3 Å². The van der Waals surface area contributed by atoms with E-state index < -0.39 is 5.97 Å². The standard InChI is InChI=1S/C36H35Cl2N3O4/c1-23(2)30-20-40-41(35-31(37)10-7-11-32(35)38)33(30)22-44-28-14-13-27(24(3)16-28)19-39-18-26-12-15-29(36(42)43)34(17-26)45-21-25-8-5-4-6-9-25/h4-17,20,23,39H,18-19,21-22H2,1-3H3,(H,42,43). The summed E-state index contributed by atoms with van der Waals surface area (Å²) in [6.07, 6.45) is 1.84. The lowest BCUT2D eigenvalue weighted by atomic mass is 10.0. The third-order valence-corrected chi connectivity index (χ3v) is 8.13. The van der Waals surface area contributed by atoms with Crippen LogP contribution in [0, 0.1) is 6.92 Å². The van der Waals surface area contributed by atoms with Crippen LogP contribution in [0.5, 0.6) is 11.5 Å². The van der Waals surface area contributed by atoms with E-state index in [1.54, 1.807) is 28.9 Å². The number of rotatable bonds is 13. The zero-order chi connectivity index (χ0) is 31.9. The summed E-state index contributed by atoms with van der Waals surface area (Å²) >= 11 is 13.0. The van der Waals surface area contributed by atoms with Crippen molar-refractivity contribution in [2.75, 3.05) is 0 Å². The molecule has 1 aromatic heterocycles. The first-order valence-corrected chi connectivity index (χ1v) is 15.4. The van der Waals surface area contributed by atoms with Gasteiger partial charge in [-0.05, 0) is 77.1 Å². The maximum Gasteiger partial charge on any atom is 0.339 e. The lowest BCUT2D eigenvalue weighted by Gasteiger charge is -2.16. The molecule has 0 spiro atoms. The molecule has 232 valence electrons. The third-order valence-electron chi connectivity index (χ3n) is 7.52. The van der Waals surface area contributed by atoms with Crippen molar-refractivity contribution in [3.05, 3.63) is 140 Å². The average molecular weight is 645 g/mol. The van der Waals surface area contributed by atoms with E-state index in [-0.39, 0.29) is 11.5 Å². The van der Waals surface area contributed by atoms with E-state index in [4.69, 9.17) is 32.7 Å². The van der Waals surface area contributed by atoms with Crippen molar-refractivity contribution in [2.24, 2.45) is 0 Å². The van der Waals surface area contributed by atoms with E-state index in [0.29, 0.717) is 47.8 Å². The van der Waals surface area contributed by atoms with Gasteiger partial charge >= 0.3 is 5.97 Å². The van der Waals surface area contributed by atoms with Crippen LogP contribution in [0.25, 0.3) is 5.69 Å². The summed E-state index contributed by atoms with van der Waals surface area (Å²) in [7, 11) is 0. The number of carboxylic acids is 1. The zero-order valence-electron chi connectivity index (χ0n) is 25.4. The number of aromatic nitrogens is 2. The molecular weight excluding hydrogens is 609 g/mol. The number of ether oxygens (including phenoxy) is 2. The first-order chi connectivity index (χ1) is 21.7. The van der Waals surface area contributed by atoms with Gasteiger partial charge in [0, 0.05) is 13.1 Å². The molecule has 0 aliphatic carbocycles. The quantitative estimate of drug-likeness (QED) is 0.133. The van der Waals surface area contributed by atoms with Crippen LogP contribution >= 0.6 is 23.2 Å². The summed E-state index contributed by atoms with van der Waals surface area (Å²) in [5.74, 6) is 0.309. The summed E-state index contributed by atoms with van der Waals surface area (Å²) in [6, 6.07) is 26.3. The average Bonchev–Trinajstić information content (AvgIpc) is 3.44. The van der Waals surface area contributed by atoms with Gasteiger partial charge in [-0.15, -0.1) is 0 Å². The van der Waals surface area contributed by atoms with Gasteiger partial charge in [-0.25, -0.2) is 9.48 Å². The topological polar surface area (TPSA) is 85.6 Å². The maximum absolute atomic E-state index is 11.8. The number of halogens is 2. The Balaban J connectivity index is 1.23. The summed E-state index contributed by atoms with van der Waals surface area (Å²) < 4.78 is 13.9. The fourth-order valence-electron chi connectivity index (χ4n) is 5.06. The lowest BCUT2D eigenvalue weighted by Crippen LogP contribution is -2.14. The Kier molecular flexibility index (Phi) is 10.5. The number of hydrogen-bond acceptors (Lipinski definition) is 5. The Hall–Kier alpha value is -4.30. The molecule has 0 aliphatic heterocycles. The Morgan fingerprint density at radius 3 is 2.33 bits per heavy atom. The largest absolute Gasteiger partial charge is 0.488 e. The molecule has 2 N–H and O–H groups in total. The van der Waals surface area contributed by atoms with Crippen LogP contribution in [0.2, 0.25) is 10.0 Å². The molecule has 5 aromatic rings. The smallest absolute Gasteiger partial charge is 0.339 e. The summed E-state index contributed by atoms with van der Waals surface area (Å²) in [5.41, 5.74) is 6.84. The molecule has 9 heteroatoms. The van der Waals surface area contributed by atoms with Crippen molar-refractivity contribution in [3.63, 3.8) is 0 Å². The molecule has 1 heterocycles. The number of aromatic carboxylic acids is 1. The molecule has 0 aliphatic rings. The van der Waals surface area contributed by atoms with E-state index >= 15 is 0 Å². The highest BCUT2D eigenvalue weighted by atomic mass is 35.5. The number of nitrogens with one attached hydrogen (secondary N) is 1. The van der Waals surface area contributed by atoms with Gasteiger partial charge in [0.05, 0.1) is 21.9 Å².